The zero-order valence-corrected chi connectivity index (χ0v) is 16.4. The Hall–Kier alpha value is 0.748. The Bertz CT molecular complexity index is 292. The minimum atomic E-state index is -2.22. The maximum atomic E-state index is 10.6. The lowest BCUT2D eigenvalue weighted by atomic mass is 10.4. The van der Waals surface area contributed by atoms with Gasteiger partial charge < -0.3 is 13.0 Å². The van der Waals surface area contributed by atoms with E-state index in [0.29, 0.717) is 0 Å². The molecule has 3 nitrogen and oxygen atoms in total. The predicted molar refractivity (Wildman–Crippen MR) is 82.3 cm³/mol. The van der Waals surface area contributed by atoms with Crippen molar-refractivity contribution in [3.8, 4) is 0 Å². The molecule has 2 atom stereocenters. The van der Waals surface area contributed by atoms with E-state index in [9.17, 15) is 4.80 Å². The Morgan fingerprint density at radius 1 is 1.06 bits per heavy atom. The lowest BCUT2D eigenvalue weighted by Gasteiger charge is -2.39. The second kappa shape index (κ2) is 4.69. The first-order valence-electron chi connectivity index (χ1n) is 6.60. The van der Waals surface area contributed by atoms with E-state index in [1.807, 2.05) is 13.1 Å². The molecule has 1 heterocycles. The summed E-state index contributed by atoms with van der Waals surface area (Å²) < 4.78 is 13.0. The lowest BCUT2D eigenvalue weighted by Crippen LogP contribution is -2.71. The summed E-state index contributed by atoms with van der Waals surface area (Å²) in [5.41, 5.74) is 0. The first-order valence-corrected chi connectivity index (χ1v) is 19.4. The number of hydrogen-bond donors (Lipinski definition) is 1. The molecule has 0 spiro atoms. The number of rotatable bonds is 4. The van der Waals surface area contributed by atoms with Gasteiger partial charge in [-0.25, -0.2) is 0 Å². The van der Waals surface area contributed by atoms with Crippen LogP contribution in [0.15, 0.2) is 0 Å². The fourth-order valence-corrected chi connectivity index (χ4v) is 48.1. The molecule has 0 saturated carbocycles. The van der Waals surface area contributed by atoms with Gasteiger partial charge in [0.15, 0.2) is 15.7 Å². The van der Waals surface area contributed by atoms with E-state index in [1.165, 1.54) is 12.8 Å². The smallest absolute Gasteiger partial charge is 0.314 e. The molecule has 0 amide bonds. The van der Waals surface area contributed by atoms with Gasteiger partial charge in [0.2, 0.25) is 7.35 Å². The summed E-state index contributed by atoms with van der Waals surface area (Å²) in [5.74, 6) is 0. The average molecular weight is 309 g/mol. The van der Waals surface area contributed by atoms with E-state index in [2.05, 4.69) is 33.1 Å². The van der Waals surface area contributed by atoms with Crippen molar-refractivity contribution < 1.29 is 13.0 Å². The molecular formula is C10H28O3Si4. The molecule has 0 radical (unpaired) electrons. The van der Waals surface area contributed by atoms with Crippen LogP contribution in [0.3, 0.4) is 0 Å². The highest BCUT2D eigenvalue weighted by Crippen LogP contribution is 2.42. The third kappa shape index (κ3) is 2.85. The second-order valence-electron chi connectivity index (χ2n) is 6.54. The van der Waals surface area contributed by atoms with E-state index in [1.54, 1.807) is 0 Å². The molecule has 102 valence electrons. The topological polar surface area (TPSA) is 38.7 Å². The van der Waals surface area contributed by atoms with Gasteiger partial charge in [-0.15, -0.1) is 0 Å². The molecule has 1 aliphatic heterocycles. The summed E-state index contributed by atoms with van der Waals surface area (Å²) in [6, 6.07) is 1.09. The molecule has 0 bridgehead atoms. The van der Waals surface area contributed by atoms with Gasteiger partial charge in [-0.2, -0.15) is 0 Å². The Morgan fingerprint density at radius 3 is 1.94 bits per heavy atom. The molecule has 0 aromatic heterocycles. The van der Waals surface area contributed by atoms with E-state index < -0.39 is 31.6 Å². The lowest BCUT2D eigenvalue weighted by molar-refractivity contribution is 0.430. The third-order valence-corrected chi connectivity index (χ3v) is 44.8. The van der Waals surface area contributed by atoms with Crippen molar-refractivity contribution in [1.29, 1.82) is 0 Å². The van der Waals surface area contributed by atoms with Crippen molar-refractivity contribution in [3.63, 3.8) is 0 Å². The fourth-order valence-electron chi connectivity index (χ4n) is 2.67. The fraction of sp³-hybridized carbons (Fsp3) is 1.00. The zero-order chi connectivity index (χ0) is 13.5. The van der Waals surface area contributed by atoms with Crippen LogP contribution in [0.4, 0.5) is 0 Å². The Labute approximate surface area is 110 Å². The molecule has 2 unspecified atom stereocenters. The van der Waals surface area contributed by atoms with Crippen molar-refractivity contribution in [2.24, 2.45) is 0 Å². The largest absolute Gasteiger partial charge is 0.437 e. The second-order valence-corrected chi connectivity index (χ2v) is 33.7. The van der Waals surface area contributed by atoms with Gasteiger partial charge in [0.05, 0.1) is 0 Å². The van der Waals surface area contributed by atoms with Crippen LogP contribution >= 0.6 is 0 Å². The molecule has 1 N–H and O–H groups in total. The van der Waals surface area contributed by atoms with Crippen molar-refractivity contribution in [2.45, 2.75) is 65.1 Å². The predicted octanol–water partition coefficient (Wildman–Crippen LogP) is 3.04. The van der Waals surface area contributed by atoms with E-state index in [-0.39, 0.29) is 0 Å². The first-order chi connectivity index (χ1) is 7.47. The molecule has 0 aliphatic carbocycles. The standard InChI is InChI=1S/C10H28O3Si4/c1-8-9-10-16(6)12-15(4,5)17(7,13-16)14(2,3)11/h11H,8-10H2,1-7H3. The molecule has 1 saturated heterocycles. The first kappa shape index (κ1) is 15.8. The van der Waals surface area contributed by atoms with Crippen LogP contribution in [0.2, 0.25) is 45.3 Å². The van der Waals surface area contributed by atoms with Crippen molar-refractivity contribution >= 4 is 31.6 Å². The average Bonchev–Trinajstić information content (AvgIpc) is 2.30. The highest BCUT2D eigenvalue weighted by atomic mass is 29.7. The van der Waals surface area contributed by atoms with Crippen LogP contribution < -0.4 is 0 Å². The van der Waals surface area contributed by atoms with Crippen molar-refractivity contribution in [3.05, 3.63) is 0 Å². The SMILES string of the molecule is CCCC[Si]1(C)O[Si](C)(C)[Si](C)([Si](C)(C)O)O1. The van der Waals surface area contributed by atoms with Crippen LogP contribution in [0.25, 0.3) is 0 Å². The summed E-state index contributed by atoms with van der Waals surface area (Å²) in [6.07, 6.45) is 2.38. The summed E-state index contributed by atoms with van der Waals surface area (Å²) in [7, 11) is -8.07. The van der Waals surface area contributed by atoms with Gasteiger partial charge in [-0.3, -0.25) is 0 Å². The van der Waals surface area contributed by atoms with Gasteiger partial charge in [-0.05, 0) is 45.3 Å². The molecule has 1 rings (SSSR count). The summed E-state index contributed by atoms with van der Waals surface area (Å²) in [5, 5.41) is 0. The van der Waals surface area contributed by atoms with Crippen LogP contribution in [0.5, 0.6) is 0 Å². The molecule has 0 aromatic carbocycles. The Morgan fingerprint density at radius 2 is 1.59 bits per heavy atom. The van der Waals surface area contributed by atoms with Gasteiger partial charge in [0.25, 0.3) is 0 Å². The van der Waals surface area contributed by atoms with Crippen LogP contribution in [0, 0.1) is 0 Å². The molecule has 0 aromatic rings. The third-order valence-electron chi connectivity index (χ3n) is 4.19. The minimum absolute atomic E-state index is 1.09. The van der Waals surface area contributed by atoms with Crippen molar-refractivity contribution in [2.75, 3.05) is 0 Å². The monoisotopic (exact) mass is 308 g/mol. The Balaban J connectivity index is 2.97. The van der Waals surface area contributed by atoms with Gasteiger partial charge in [0, 0.05) is 0 Å². The maximum absolute atomic E-state index is 10.6. The van der Waals surface area contributed by atoms with E-state index in [4.69, 9.17) is 8.23 Å². The Kier molecular flexibility index (Phi) is 4.36. The molecular weight excluding hydrogens is 280 g/mol. The summed E-state index contributed by atoms with van der Waals surface area (Å²) >= 11 is 0. The summed E-state index contributed by atoms with van der Waals surface area (Å²) in [6.45, 7) is 15.2. The highest BCUT2D eigenvalue weighted by Gasteiger charge is 2.68. The van der Waals surface area contributed by atoms with E-state index >= 15 is 0 Å². The molecule has 1 aliphatic rings. The maximum Gasteiger partial charge on any atom is 0.314 e. The van der Waals surface area contributed by atoms with Crippen LogP contribution in [-0.2, 0) is 8.23 Å². The number of unbranched alkanes of at least 4 members (excludes halogenated alkanes) is 1. The van der Waals surface area contributed by atoms with Crippen molar-refractivity contribution in [1.82, 2.24) is 0 Å². The highest BCUT2D eigenvalue weighted by molar-refractivity contribution is 7.66. The van der Waals surface area contributed by atoms with E-state index in [0.717, 1.165) is 6.04 Å². The van der Waals surface area contributed by atoms with Crippen LogP contribution in [0.1, 0.15) is 19.8 Å². The van der Waals surface area contributed by atoms with Gasteiger partial charge in [0.1, 0.15) is 0 Å². The molecule has 7 heteroatoms. The van der Waals surface area contributed by atoms with Gasteiger partial charge >= 0.3 is 8.56 Å². The summed E-state index contributed by atoms with van der Waals surface area (Å²) in [4.78, 5) is 10.6. The minimum Gasteiger partial charge on any atom is -0.437 e. The number of hydrogen-bond acceptors (Lipinski definition) is 3. The quantitative estimate of drug-likeness (QED) is 0.811. The van der Waals surface area contributed by atoms with Gasteiger partial charge in [-0.1, -0.05) is 19.8 Å². The normalized spacial score (nSPS) is 37.4. The molecule has 17 heavy (non-hydrogen) atoms. The zero-order valence-electron chi connectivity index (χ0n) is 12.4. The molecule has 1 fully saturated rings. The van der Waals surface area contributed by atoms with Crippen LogP contribution in [-0.4, -0.2) is 36.4 Å².